The fraction of sp³-hybridized carbons (Fsp3) is 0.400. The predicted molar refractivity (Wildman–Crippen MR) is 50.8 cm³/mol. The van der Waals surface area contributed by atoms with E-state index in [2.05, 4.69) is 0 Å². The summed E-state index contributed by atoms with van der Waals surface area (Å²) in [4.78, 5) is 1.18. The molecule has 0 heterocycles. The van der Waals surface area contributed by atoms with Crippen molar-refractivity contribution in [2.24, 2.45) is 0 Å². The maximum absolute atomic E-state index is 12.4. The number of benzene rings is 1. The van der Waals surface area contributed by atoms with Crippen molar-refractivity contribution in [3.05, 3.63) is 29.3 Å². The molecule has 0 aliphatic carbocycles. The summed E-state index contributed by atoms with van der Waals surface area (Å²) >= 11 is 0. The molecular formula is C10H9F6N. The van der Waals surface area contributed by atoms with Crippen molar-refractivity contribution in [2.45, 2.75) is 12.4 Å². The van der Waals surface area contributed by atoms with Crippen LogP contribution in [-0.4, -0.2) is 14.1 Å². The van der Waals surface area contributed by atoms with Gasteiger partial charge in [-0.15, -0.1) is 0 Å². The highest BCUT2D eigenvalue weighted by atomic mass is 19.4. The first-order valence-corrected chi connectivity index (χ1v) is 4.48. The van der Waals surface area contributed by atoms with Crippen LogP contribution in [0.3, 0.4) is 0 Å². The lowest BCUT2D eigenvalue weighted by molar-refractivity contribution is -0.143. The molecule has 17 heavy (non-hydrogen) atoms. The van der Waals surface area contributed by atoms with Crippen molar-refractivity contribution in [3.8, 4) is 0 Å². The first-order chi connectivity index (χ1) is 7.51. The average molecular weight is 257 g/mol. The SMILES string of the molecule is CN(C)c1cc(C(F)(F)F)cc(C(F)(F)F)c1. The van der Waals surface area contributed by atoms with E-state index in [0.29, 0.717) is 12.1 Å². The monoisotopic (exact) mass is 257 g/mol. The van der Waals surface area contributed by atoms with Crippen LogP contribution in [0.15, 0.2) is 18.2 Å². The van der Waals surface area contributed by atoms with E-state index in [0.717, 1.165) is 0 Å². The van der Waals surface area contributed by atoms with Gasteiger partial charge < -0.3 is 4.90 Å². The molecule has 0 spiro atoms. The van der Waals surface area contributed by atoms with Crippen LogP contribution in [0.4, 0.5) is 32.0 Å². The number of nitrogens with zero attached hydrogens (tertiary/aromatic N) is 1. The van der Waals surface area contributed by atoms with Crippen LogP contribution in [0.1, 0.15) is 11.1 Å². The number of hydrogen-bond acceptors (Lipinski definition) is 1. The molecule has 1 aromatic carbocycles. The van der Waals surface area contributed by atoms with Crippen LogP contribution in [0, 0.1) is 0 Å². The quantitative estimate of drug-likeness (QED) is 0.692. The van der Waals surface area contributed by atoms with Crippen molar-refractivity contribution < 1.29 is 26.3 Å². The molecule has 0 amide bonds. The van der Waals surface area contributed by atoms with Gasteiger partial charge in [0.05, 0.1) is 11.1 Å². The molecular weight excluding hydrogens is 248 g/mol. The zero-order chi connectivity index (χ0) is 13.4. The highest BCUT2D eigenvalue weighted by Crippen LogP contribution is 2.37. The molecule has 0 aliphatic rings. The lowest BCUT2D eigenvalue weighted by atomic mass is 10.1. The summed E-state index contributed by atoms with van der Waals surface area (Å²) in [7, 11) is 2.74. The van der Waals surface area contributed by atoms with Crippen molar-refractivity contribution >= 4 is 5.69 Å². The van der Waals surface area contributed by atoms with Gasteiger partial charge in [0.1, 0.15) is 0 Å². The van der Waals surface area contributed by atoms with Gasteiger partial charge in [0.15, 0.2) is 0 Å². The van der Waals surface area contributed by atoms with Crippen molar-refractivity contribution in [1.82, 2.24) is 0 Å². The lowest BCUT2D eigenvalue weighted by Gasteiger charge is -2.18. The Hall–Kier alpha value is -1.40. The summed E-state index contributed by atoms with van der Waals surface area (Å²) in [6, 6.07) is 1.46. The second-order valence-corrected chi connectivity index (χ2v) is 3.66. The molecule has 0 unspecified atom stereocenters. The van der Waals surface area contributed by atoms with Crippen molar-refractivity contribution in [1.29, 1.82) is 0 Å². The van der Waals surface area contributed by atoms with E-state index in [4.69, 9.17) is 0 Å². The Morgan fingerprint density at radius 1 is 0.765 bits per heavy atom. The zero-order valence-corrected chi connectivity index (χ0v) is 8.95. The van der Waals surface area contributed by atoms with E-state index in [-0.39, 0.29) is 11.8 Å². The van der Waals surface area contributed by atoms with E-state index in [1.807, 2.05) is 0 Å². The fourth-order valence-corrected chi connectivity index (χ4v) is 1.20. The van der Waals surface area contributed by atoms with Crippen LogP contribution < -0.4 is 4.90 Å². The van der Waals surface area contributed by atoms with Crippen LogP contribution in [0.5, 0.6) is 0 Å². The van der Waals surface area contributed by atoms with Crippen molar-refractivity contribution in [2.75, 3.05) is 19.0 Å². The molecule has 0 atom stereocenters. The van der Waals surface area contributed by atoms with Gasteiger partial charge >= 0.3 is 12.4 Å². The summed E-state index contributed by atoms with van der Waals surface area (Å²) in [6.07, 6.45) is -9.60. The van der Waals surface area contributed by atoms with Gasteiger partial charge in [-0.25, -0.2) is 0 Å². The number of rotatable bonds is 1. The van der Waals surface area contributed by atoms with E-state index >= 15 is 0 Å². The molecule has 7 heteroatoms. The normalized spacial score (nSPS) is 12.7. The molecule has 1 aromatic rings. The largest absolute Gasteiger partial charge is 0.416 e. The summed E-state index contributed by atoms with van der Waals surface area (Å²) in [5, 5.41) is 0. The molecule has 96 valence electrons. The van der Waals surface area contributed by atoms with Gasteiger partial charge in [0.2, 0.25) is 0 Å². The molecule has 0 aliphatic heterocycles. The Bertz CT molecular complexity index is 372. The lowest BCUT2D eigenvalue weighted by Crippen LogP contribution is -2.15. The molecule has 0 fully saturated rings. The second kappa shape index (κ2) is 4.12. The van der Waals surface area contributed by atoms with Gasteiger partial charge in [0.25, 0.3) is 0 Å². The highest BCUT2D eigenvalue weighted by Gasteiger charge is 2.37. The highest BCUT2D eigenvalue weighted by molar-refractivity contribution is 5.51. The van der Waals surface area contributed by atoms with Gasteiger partial charge in [-0.3, -0.25) is 0 Å². The maximum atomic E-state index is 12.4. The minimum atomic E-state index is -4.80. The standard InChI is InChI=1S/C10H9F6N/c1-17(2)8-4-6(9(11,12)13)3-7(5-8)10(14,15)16/h3-5H,1-2H3. The smallest absolute Gasteiger partial charge is 0.378 e. The number of halogens is 6. The van der Waals surface area contributed by atoms with E-state index in [1.54, 1.807) is 0 Å². The number of hydrogen-bond donors (Lipinski definition) is 0. The third kappa shape index (κ3) is 3.28. The fourth-order valence-electron chi connectivity index (χ4n) is 1.20. The van der Waals surface area contributed by atoms with Crippen LogP contribution >= 0.6 is 0 Å². The first-order valence-electron chi connectivity index (χ1n) is 4.48. The molecule has 0 bridgehead atoms. The van der Waals surface area contributed by atoms with E-state index in [1.165, 1.54) is 19.0 Å². The van der Waals surface area contributed by atoms with Gasteiger partial charge in [0, 0.05) is 19.8 Å². The zero-order valence-electron chi connectivity index (χ0n) is 8.95. The predicted octanol–water partition coefficient (Wildman–Crippen LogP) is 3.79. The number of anilines is 1. The molecule has 1 nitrogen and oxygen atoms in total. The van der Waals surface area contributed by atoms with Gasteiger partial charge in [-0.05, 0) is 18.2 Å². The molecule has 0 saturated heterocycles. The first kappa shape index (κ1) is 13.7. The summed E-state index contributed by atoms with van der Waals surface area (Å²) in [5.74, 6) is 0. The summed E-state index contributed by atoms with van der Waals surface area (Å²) in [6.45, 7) is 0. The topological polar surface area (TPSA) is 3.24 Å². The number of alkyl halides is 6. The summed E-state index contributed by atoms with van der Waals surface area (Å²) < 4.78 is 74.5. The minimum absolute atomic E-state index is 0.104. The van der Waals surface area contributed by atoms with Crippen LogP contribution in [-0.2, 0) is 12.4 Å². The average Bonchev–Trinajstić information content (AvgIpc) is 2.14. The molecule has 0 radical (unpaired) electrons. The third-order valence-electron chi connectivity index (χ3n) is 2.09. The minimum Gasteiger partial charge on any atom is -0.378 e. The Morgan fingerprint density at radius 2 is 1.12 bits per heavy atom. The maximum Gasteiger partial charge on any atom is 0.416 e. The Balaban J connectivity index is 3.40. The van der Waals surface area contributed by atoms with Gasteiger partial charge in [-0.2, -0.15) is 26.3 Å². The van der Waals surface area contributed by atoms with Crippen LogP contribution in [0.25, 0.3) is 0 Å². The van der Waals surface area contributed by atoms with E-state index < -0.39 is 23.5 Å². The second-order valence-electron chi connectivity index (χ2n) is 3.66. The van der Waals surface area contributed by atoms with Crippen molar-refractivity contribution in [3.63, 3.8) is 0 Å². The Kier molecular flexibility index (Phi) is 3.31. The molecule has 0 saturated carbocycles. The van der Waals surface area contributed by atoms with E-state index in [9.17, 15) is 26.3 Å². The molecule has 0 aromatic heterocycles. The third-order valence-corrected chi connectivity index (χ3v) is 2.09. The molecule has 0 N–H and O–H groups in total. The Morgan fingerprint density at radius 3 is 1.35 bits per heavy atom. The Labute approximate surface area is 93.6 Å². The van der Waals surface area contributed by atoms with Gasteiger partial charge in [-0.1, -0.05) is 0 Å². The van der Waals surface area contributed by atoms with Crippen LogP contribution in [0.2, 0.25) is 0 Å². The molecule has 1 rings (SSSR count). The summed E-state index contributed by atoms with van der Waals surface area (Å²) in [5.41, 5.74) is -2.76.